The summed E-state index contributed by atoms with van der Waals surface area (Å²) in [6.07, 6.45) is 8.95. The largest absolute Gasteiger partial charge is 0.355 e. The smallest absolute Gasteiger partial charge is 0.147 e. The van der Waals surface area contributed by atoms with Crippen LogP contribution in [0.25, 0.3) is 0 Å². The van der Waals surface area contributed by atoms with E-state index in [2.05, 4.69) is 22.1 Å². The van der Waals surface area contributed by atoms with Crippen LogP contribution in [0.1, 0.15) is 38.3 Å². The van der Waals surface area contributed by atoms with Gasteiger partial charge in [-0.15, -0.1) is 0 Å². The summed E-state index contributed by atoms with van der Waals surface area (Å²) in [5, 5.41) is 3.49. The molecule has 0 amide bonds. The van der Waals surface area contributed by atoms with Crippen LogP contribution in [0.15, 0.2) is 12.4 Å². The molecule has 0 unspecified atom stereocenters. The zero-order valence-electron chi connectivity index (χ0n) is 11.1. The average Bonchev–Trinajstić information content (AvgIpc) is 3.22. The zero-order valence-corrected chi connectivity index (χ0v) is 11.1. The molecule has 98 valence electrons. The number of rotatable bonds is 4. The lowest BCUT2D eigenvalue weighted by atomic mass is 9.99. The first-order valence-corrected chi connectivity index (χ1v) is 7.10. The van der Waals surface area contributed by atoms with Gasteiger partial charge in [0.2, 0.25) is 0 Å². The Morgan fingerprint density at radius 2 is 2.00 bits per heavy atom. The van der Waals surface area contributed by atoms with Crippen molar-refractivity contribution >= 4 is 5.82 Å². The molecule has 2 fully saturated rings. The van der Waals surface area contributed by atoms with Crippen molar-refractivity contribution < 1.29 is 0 Å². The Morgan fingerprint density at radius 1 is 1.22 bits per heavy atom. The number of nitrogens with zero attached hydrogens (tertiary/aromatic N) is 3. The fraction of sp³-hybridized carbons (Fsp3) is 0.714. The Hall–Kier alpha value is -1.16. The minimum Gasteiger partial charge on any atom is -0.355 e. The highest BCUT2D eigenvalue weighted by atomic mass is 15.2. The SMILES string of the molecule is CC1CCN(c2cncc(CNC3CC3)n2)CC1. The number of anilines is 1. The number of hydrogen-bond donors (Lipinski definition) is 1. The van der Waals surface area contributed by atoms with Crippen molar-refractivity contribution in [1.29, 1.82) is 0 Å². The lowest BCUT2D eigenvalue weighted by Crippen LogP contribution is -2.33. The maximum absolute atomic E-state index is 4.72. The summed E-state index contributed by atoms with van der Waals surface area (Å²) in [6, 6.07) is 0.728. The molecular weight excluding hydrogens is 224 g/mol. The molecule has 2 aliphatic rings. The van der Waals surface area contributed by atoms with E-state index in [-0.39, 0.29) is 0 Å². The van der Waals surface area contributed by atoms with Crippen molar-refractivity contribution in [2.45, 2.75) is 45.2 Å². The first-order chi connectivity index (χ1) is 8.81. The van der Waals surface area contributed by atoms with Gasteiger partial charge in [0.25, 0.3) is 0 Å². The van der Waals surface area contributed by atoms with Crippen LogP contribution in [0, 0.1) is 5.92 Å². The molecular formula is C14H22N4. The fourth-order valence-electron chi connectivity index (χ4n) is 2.41. The van der Waals surface area contributed by atoms with Crippen LogP contribution in [0.4, 0.5) is 5.82 Å². The first-order valence-electron chi connectivity index (χ1n) is 7.10. The Balaban J connectivity index is 1.62. The molecule has 18 heavy (non-hydrogen) atoms. The van der Waals surface area contributed by atoms with Crippen molar-refractivity contribution in [2.75, 3.05) is 18.0 Å². The Kier molecular flexibility index (Phi) is 3.46. The third kappa shape index (κ3) is 2.99. The average molecular weight is 246 g/mol. The van der Waals surface area contributed by atoms with E-state index in [1.807, 2.05) is 12.4 Å². The van der Waals surface area contributed by atoms with Gasteiger partial charge in [0.05, 0.1) is 11.9 Å². The molecule has 0 radical (unpaired) electrons. The van der Waals surface area contributed by atoms with Crippen LogP contribution in [-0.2, 0) is 6.54 Å². The van der Waals surface area contributed by atoms with E-state index in [0.29, 0.717) is 0 Å². The van der Waals surface area contributed by atoms with Gasteiger partial charge >= 0.3 is 0 Å². The zero-order chi connectivity index (χ0) is 12.4. The molecule has 1 N–H and O–H groups in total. The van der Waals surface area contributed by atoms with E-state index in [0.717, 1.165) is 43.1 Å². The van der Waals surface area contributed by atoms with Crippen molar-refractivity contribution in [1.82, 2.24) is 15.3 Å². The second kappa shape index (κ2) is 5.22. The molecule has 4 heteroatoms. The van der Waals surface area contributed by atoms with Crippen molar-refractivity contribution in [3.63, 3.8) is 0 Å². The molecule has 0 atom stereocenters. The topological polar surface area (TPSA) is 41.1 Å². The predicted octanol–water partition coefficient (Wildman–Crippen LogP) is 1.96. The standard InChI is InChI=1S/C14H22N4/c1-11-4-6-18(7-5-11)14-10-15-8-13(17-14)9-16-12-2-3-12/h8,10-12,16H,2-7,9H2,1H3. The van der Waals surface area contributed by atoms with Gasteiger partial charge in [0.1, 0.15) is 5.82 Å². The van der Waals surface area contributed by atoms with Gasteiger partial charge in [-0.05, 0) is 31.6 Å². The number of piperidine rings is 1. The molecule has 1 aromatic rings. The minimum atomic E-state index is 0.728. The maximum atomic E-state index is 4.72. The Bertz CT molecular complexity index is 395. The molecule has 3 rings (SSSR count). The second-order valence-electron chi connectivity index (χ2n) is 5.69. The summed E-state index contributed by atoms with van der Waals surface area (Å²) < 4.78 is 0. The number of aromatic nitrogens is 2. The highest BCUT2D eigenvalue weighted by Gasteiger charge is 2.21. The van der Waals surface area contributed by atoms with Crippen LogP contribution in [0.3, 0.4) is 0 Å². The van der Waals surface area contributed by atoms with E-state index in [1.165, 1.54) is 25.7 Å². The van der Waals surface area contributed by atoms with Gasteiger partial charge < -0.3 is 10.2 Å². The van der Waals surface area contributed by atoms with E-state index in [9.17, 15) is 0 Å². The lowest BCUT2D eigenvalue weighted by Gasteiger charge is -2.31. The number of nitrogens with one attached hydrogen (secondary N) is 1. The summed E-state index contributed by atoms with van der Waals surface area (Å²) in [7, 11) is 0. The third-order valence-electron chi connectivity index (χ3n) is 3.93. The molecule has 1 aliphatic heterocycles. The monoisotopic (exact) mass is 246 g/mol. The highest BCUT2D eigenvalue weighted by molar-refractivity contribution is 5.36. The fourth-order valence-corrected chi connectivity index (χ4v) is 2.41. The maximum Gasteiger partial charge on any atom is 0.147 e. The lowest BCUT2D eigenvalue weighted by molar-refractivity contribution is 0.436. The molecule has 0 bridgehead atoms. The van der Waals surface area contributed by atoms with Gasteiger partial charge in [-0.25, -0.2) is 4.98 Å². The molecule has 0 spiro atoms. The quantitative estimate of drug-likeness (QED) is 0.882. The van der Waals surface area contributed by atoms with Gasteiger partial charge in [-0.2, -0.15) is 0 Å². The van der Waals surface area contributed by atoms with Crippen LogP contribution >= 0.6 is 0 Å². The molecule has 1 aliphatic carbocycles. The van der Waals surface area contributed by atoms with Crippen LogP contribution in [-0.4, -0.2) is 29.1 Å². The molecule has 4 nitrogen and oxygen atoms in total. The Labute approximate surface area is 109 Å². The molecule has 2 heterocycles. The molecule has 0 aromatic carbocycles. The van der Waals surface area contributed by atoms with Crippen molar-refractivity contribution in [2.24, 2.45) is 5.92 Å². The van der Waals surface area contributed by atoms with E-state index >= 15 is 0 Å². The van der Waals surface area contributed by atoms with Gasteiger partial charge in [0.15, 0.2) is 0 Å². The van der Waals surface area contributed by atoms with Crippen molar-refractivity contribution in [3.05, 3.63) is 18.1 Å². The highest BCUT2D eigenvalue weighted by Crippen LogP contribution is 2.21. The van der Waals surface area contributed by atoms with Crippen LogP contribution < -0.4 is 10.2 Å². The van der Waals surface area contributed by atoms with Crippen molar-refractivity contribution in [3.8, 4) is 0 Å². The summed E-state index contributed by atoms with van der Waals surface area (Å²) in [6.45, 7) is 5.43. The van der Waals surface area contributed by atoms with Crippen LogP contribution in [0.5, 0.6) is 0 Å². The predicted molar refractivity (Wildman–Crippen MR) is 72.5 cm³/mol. The molecule has 1 saturated carbocycles. The summed E-state index contributed by atoms with van der Waals surface area (Å²) in [5.74, 6) is 1.91. The van der Waals surface area contributed by atoms with Gasteiger partial charge in [0, 0.05) is 31.9 Å². The molecule has 1 saturated heterocycles. The van der Waals surface area contributed by atoms with Gasteiger partial charge in [-0.1, -0.05) is 6.92 Å². The third-order valence-corrected chi connectivity index (χ3v) is 3.93. The molecule has 1 aromatic heterocycles. The normalized spacial score (nSPS) is 21.3. The Morgan fingerprint density at radius 3 is 2.72 bits per heavy atom. The summed E-state index contributed by atoms with van der Waals surface area (Å²) in [4.78, 5) is 11.4. The van der Waals surface area contributed by atoms with E-state index in [1.54, 1.807) is 0 Å². The summed E-state index contributed by atoms with van der Waals surface area (Å²) >= 11 is 0. The van der Waals surface area contributed by atoms with Gasteiger partial charge in [-0.3, -0.25) is 4.98 Å². The van der Waals surface area contributed by atoms with E-state index in [4.69, 9.17) is 4.98 Å². The van der Waals surface area contributed by atoms with Crippen LogP contribution in [0.2, 0.25) is 0 Å². The summed E-state index contributed by atoms with van der Waals surface area (Å²) in [5.41, 5.74) is 1.07. The number of hydrogen-bond acceptors (Lipinski definition) is 4. The van der Waals surface area contributed by atoms with E-state index < -0.39 is 0 Å². The minimum absolute atomic E-state index is 0.728. The first kappa shape index (κ1) is 11.9. The second-order valence-corrected chi connectivity index (χ2v) is 5.69.